The van der Waals surface area contributed by atoms with Crippen LogP contribution in [0.3, 0.4) is 0 Å². The molecule has 0 amide bonds. The molecule has 0 aliphatic carbocycles. The fraction of sp³-hybridized carbons (Fsp3) is 0.826. The van der Waals surface area contributed by atoms with Crippen molar-refractivity contribution in [2.24, 2.45) is 0 Å². The van der Waals surface area contributed by atoms with Gasteiger partial charge in [-0.2, -0.15) is 0 Å². The van der Waals surface area contributed by atoms with E-state index >= 15 is 0 Å². The Morgan fingerprint density at radius 1 is 0.600 bits per heavy atom. The molecule has 0 rings (SSSR count). The van der Waals surface area contributed by atoms with Crippen molar-refractivity contribution in [2.75, 3.05) is 26.2 Å². The molecule has 6 nitrogen and oxygen atoms in total. The Bertz CT molecular complexity index is 323. The van der Waals surface area contributed by atoms with E-state index in [-0.39, 0.29) is 21.1 Å². The minimum Gasteiger partial charge on any atom is -0.545 e. The third kappa shape index (κ3) is 17.3. The Labute approximate surface area is 202 Å². The summed E-state index contributed by atoms with van der Waals surface area (Å²) >= 11 is 0. The van der Waals surface area contributed by atoms with Gasteiger partial charge in [0, 0.05) is 58.3 Å². The van der Waals surface area contributed by atoms with E-state index in [2.05, 4.69) is 106 Å². The van der Waals surface area contributed by atoms with E-state index in [1.807, 2.05) is 0 Å². The zero-order valence-corrected chi connectivity index (χ0v) is 23.1. The molecule has 0 atom stereocenters. The minimum absolute atomic E-state index is 0. The molecular formula is C23H48MoN3O3-3. The van der Waals surface area contributed by atoms with Crippen LogP contribution in [0.2, 0.25) is 0 Å². The Morgan fingerprint density at radius 3 is 0.933 bits per heavy atom. The van der Waals surface area contributed by atoms with Gasteiger partial charge >= 0.3 is 0 Å². The van der Waals surface area contributed by atoms with E-state index in [0.717, 1.165) is 30.7 Å². The SMILES string of the molecule is [CH-]=O.[CH-]=O.[CH-]=O.[CH2-][N+](CCN(C(C)C)C(C)C)(CCN(C(C)C)C(C)C)C(C)C.[Mo]. The van der Waals surface area contributed by atoms with Gasteiger partial charge in [-0.1, -0.05) is 0 Å². The molecular weight excluding hydrogens is 462 g/mol. The summed E-state index contributed by atoms with van der Waals surface area (Å²) in [5.41, 5.74) is 0. The molecule has 0 radical (unpaired) electrons. The summed E-state index contributed by atoms with van der Waals surface area (Å²) in [6.07, 6.45) is 0. The van der Waals surface area contributed by atoms with Gasteiger partial charge in [0.15, 0.2) is 0 Å². The molecule has 0 saturated heterocycles. The van der Waals surface area contributed by atoms with Crippen LogP contribution in [0.4, 0.5) is 0 Å². The molecule has 182 valence electrons. The van der Waals surface area contributed by atoms with Crippen molar-refractivity contribution in [2.45, 2.75) is 99.4 Å². The summed E-state index contributed by atoms with van der Waals surface area (Å²) < 4.78 is 0.909. The van der Waals surface area contributed by atoms with Crippen molar-refractivity contribution >= 4 is 20.4 Å². The van der Waals surface area contributed by atoms with E-state index in [0.29, 0.717) is 30.2 Å². The summed E-state index contributed by atoms with van der Waals surface area (Å²) in [4.78, 5) is 28.4. The van der Waals surface area contributed by atoms with Crippen LogP contribution < -0.4 is 0 Å². The largest absolute Gasteiger partial charge is 0.545 e. The molecule has 0 aromatic heterocycles. The number of rotatable bonds is 11. The Balaban J connectivity index is -0.000000271. The summed E-state index contributed by atoms with van der Waals surface area (Å²) in [6, 6.07) is 2.94. The van der Waals surface area contributed by atoms with Crippen molar-refractivity contribution in [3.8, 4) is 0 Å². The van der Waals surface area contributed by atoms with E-state index in [1.165, 1.54) is 0 Å². The van der Waals surface area contributed by atoms with Crippen LogP contribution in [0.25, 0.3) is 0 Å². The predicted molar refractivity (Wildman–Crippen MR) is 125 cm³/mol. The van der Waals surface area contributed by atoms with Gasteiger partial charge in [-0.25, -0.2) is 0 Å². The molecule has 0 aliphatic heterocycles. The van der Waals surface area contributed by atoms with Crippen molar-refractivity contribution < 1.29 is 39.9 Å². The van der Waals surface area contributed by atoms with Gasteiger partial charge in [0.1, 0.15) is 0 Å². The topological polar surface area (TPSA) is 57.7 Å². The second-order valence-electron chi connectivity index (χ2n) is 8.61. The zero-order chi connectivity index (χ0) is 24.4. The van der Waals surface area contributed by atoms with Gasteiger partial charge in [-0.15, -0.1) is 7.05 Å². The van der Waals surface area contributed by atoms with Crippen molar-refractivity contribution in [1.82, 2.24) is 9.80 Å². The first-order valence-electron chi connectivity index (χ1n) is 10.4. The summed E-state index contributed by atoms with van der Waals surface area (Å²) in [5.74, 6) is 0. The average Bonchev–Trinajstić information content (AvgIpc) is 2.65. The number of nitrogens with zero attached hydrogens (tertiary/aromatic N) is 3. The summed E-state index contributed by atoms with van der Waals surface area (Å²) in [6.45, 7) is 37.3. The molecule has 0 fully saturated rings. The molecule has 7 heteroatoms. The van der Waals surface area contributed by atoms with Crippen LogP contribution in [0.1, 0.15) is 69.2 Å². The molecule has 0 heterocycles. The fourth-order valence-electron chi connectivity index (χ4n) is 3.48. The maximum absolute atomic E-state index is 7.75. The van der Waals surface area contributed by atoms with Crippen molar-refractivity contribution in [3.05, 3.63) is 7.05 Å². The monoisotopic (exact) mass is 512 g/mol. The van der Waals surface area contributed by atoms with E-state index in [9.17, 15) is 0 Å². The van der Waals surface area contributed by atoms with Crippen molar-refractivity contribution in [3.63, 3.8) is 0 Å². The first-order chi connectivity index (χ1) is 13.4. The molecule has 0 saturated carbocycles. The molecule has 0 aromatic carbocycles. The van der Waals surface area contributed by atoms with E-state index in [4.69, 9.17) is 14.4 Å². The van der Waals surface area contributed by atoms with Gasteiger partial charge in [0.2, 0.25) is 0 Å². The molecule has 0 aliphatic rings. The van der Waals surface area contributed by atoms with Crippen LogP contribution in [0.15, 0.2) is 0 Å². The van der Waals surface area contributed by atoms with Crippen molar-refractivity contribution in [1.29, 1.82) is 0 Å². The number of quaternary nitrogens is 1. The van der Waals surface area contributed by atoms with Crippen LogP contribution in [0, 0.1) is 7.05 Å². The number of hydrogen-bond donors (Lipinski definition) is 0. The number of hydrogen-bond acceptors (Lipinski definition) is 5. The van der Waals surface area contributed by atoms with Gasteiger partial charge in [-0.3, -0.25) is 30.2 Å². The van der Waals surface area contributed by atoms with Gasteiger partial charge in [0.05, 0.1) is 19.1 Å². The van der Waals surface area contributed by atoms with Gasteiger partial charge < -0.3 is 18.9 Å². The smallest absolute Gasteiger partial charge is 0.0677 e. The zero-order valence-electron chi connectivity index (χ0n) is 21.1. The molecule has 30 heavy (non-hydrogen) atoms. The fourth-order valence-corrected chi connectivity index (χ4v) is 3.48. The maximum atomic E-state index is 7.75. The molecule has 0 unspecified atom stereocenters. The third-order valence-electron chi connectivity index (χ3n) is 5.36. The predicted octanol–water partition coefficient (Wildman–Crippen LogP) is 3.42. The Hall–Kier alpha value is -0.422. The first kappa shape index (κ1) is 40.0. The molecule has 0 N–H and O–H groups in total. The summed E-state index contributed by atoms with van der Waals surface area (Å²) in [7, 11) is 4.63. The van der Waals surface area contributed by atoms with Crippen LogP contribution in [-0.2, 0) is 35.4 Å². The normalized spacial score (nSPS) is 11.0. The van der Waals surface area contributed by atoms with Crippen LogP contribution in [-0.4, -0.2) is 91.0 Å². The average molecular weight is 511 g/mol. The second-order valence-corrected chi connectivity index (χ2v) is 8.61. The molecule has 0 bridgehead atoms. The van der Waals surface area contributed by atoms with Gasteiger partial charge in [-0.05, 0) is 69.2 Å². The van der Waals surface area contributed by atoms with Gasteiger partial charge in [0.25, 0.3) is 0 Å². The van der Waals surface area contributed by atoms with E-state index in [1.54, 1.807) is 0 Å². The quantitative estimate of drug-likeness (QED) is 0.185. The molecule has 0 spiro atoms. The first-order valence-corrected chi connectivity index (χ1v) is 10.4. The van der Waals surface area contributed by atoms with E-state index < -0.39 is 0 Å². The Morgan fingerprint density at radius 2 is 0.800 bits per heavy atom. The minimum atomic E-state index is 0. The van der Waals surface area contributed by atoms with Crippen LogP contribution >= 0.6 is 0 Å². The maximum Gasteiger partial charge on any atom is 0.0677 e. The summed E-state index contributed by atoms with van der Waals surface area (Å²) in [5, 5.41) is 0. The standard InChI is InChI=1S/C20H45N3.3CHO.Mo/c1-16(2)21(17(3)4)12-14-23(11,20(9)10)15-13-22(18(5)6)19(7)8;3*1-2;/h16-20H,11-15H2,1-10H3;3*1H;/q;3*-1;. The second kappa shape index (κ2) is 23.2. The third-order valence-corrected chi connectivity index (χ3v) is 5.36. The number of carbonyl (C=O) groups excluding carboxylic acids is 3. The van der Waals surface area contributed by atoms with Crippen LogP contribution in [0.5, 0.6) is 0 Å². The molecule has 0 aromatic rings. The Kier molecular flexibility index (Phi) is 31.0.